The highest BCUT2D eigenvalue weighted by Gasteiger charge is 2.41. The Hall–Kier alpha value is -1.09. The molecule has 1 N–H and O–H groups in total. The highest BCUT2D eigenvalue weighted by molar-refractivity contribution is 5.39. The van der Waals surface area contributed by atoms with E-state index in [-0.39, 0.29) is 11.7 Å². The van der Waals surface area contributed by atoms with Crippen LogP contribution in [0.1, 0.15) is 45.6 Å². The molecule has 1 aliphatic carbocycles. The third-order valence-corrected chi connectivity index (χ3v) is 4.67. The molecule has 0 heterocycles. The maximum Gasteiger partial charge on any atom is 0.133 e. The van der Waals surface area contributed by atoms with Crippen LogP contribution in [-0.2, 0) is 5.60 Å². The molecule has 1 saturated carbocycles. The molecule has 0 spiro atoms. The molecule has 2 rings (SSSR count). The van der Waals surface area contributed by atoms with E-state index >= 15 is 0 Å². The Morgan fingerprint density at radius 3 is 2.35 bits per heavy atom. The van der Waals surface area contributed by atoms with Crippen LogP contribution < -0.4 is 4.74 Å². The summed E-state index contributed by atoms with van der Waals surface area (Å²) in [5, 5.41) is 11.0. The summed E-state index contributed by atoms with van der Waals surface area (Å²) >= 11 is 0. The number of benzene rings is 1. The lowest BCUT2D eigenvalue weighted by Gasteiger charge is -2.41. The molecule has 0 aromatic heterocycles. The molecule has 1 aromatic carbocycles. The van der Waals surface area contributed by atoms with Gasteiger partial charge in [0.25, 0.3) is 0 Å². The van der Waals surface area contributed by atoms with E-state index in [9.17, 15) is 9.50 Å². The third kappa shape index (κ3) is 2.83. The zero-order valence-electron chi connectivity index (χ0n) is 12.8. The maximum absolute atomic E-state index is 14.2. The van der Waals surface area contributed by atoms with Crippen molar-refractivity contribution < 1.29 is 14.2 Å². The van der Waals surface area contributed by atoms with Crippen molar-refractivity contribution in [3.63, 3.8) is 0 Å². The van der Waals surface area contributed by atoms with Crippen molar-refractivity contribution in [3.8, 4) is 5.75 Å². The van der Waals surface area contributed by atoms with Crippen LogP contribution in [0.2, 0.25) is 0 Å². The first-order valence-corrected chi connectivity index (χ1v) is 7.41. The van der Waals surface area contributed by atoms with E-state index in [4.69, 9.17) is 4.74 Å². The lowest BCUT2D eigenvalue weighted by atomic mass is 9.68. The van der Waals surface area contributed by atoms with Crippen molar-refractivity contribution in [1.29, 1.82) is 0 Å². The third-order valence-electron chi connectivity index (χ3n) is 4.67. The summed E-state index contributed by atoms with van der Waals surface area (Å²) in [4.78, 5) is 0. The topological polar surface area (TPSA) is 29.5 Å². The van der Waals surface area contributed by atoms with Crippen LogP contribution >= 0.6 is 0 Å². The van der Waals surface area contributed by atoms with Gasteiger partial charge in [-0.05, 0) is 56.1 Å². The molecule has 3 atom stereocenters. The van der Waals surface area contributed by atoms with Gasteiger partial charge in [-0.15, -0.1) is 0 Å². The second kappa shape index (κ2) is 5.72. The summed E-state index contributed by atoms with van der Waals surface area (Å²) in [6, 6.07) is 4.71. The first-order valence-electron chi connectivity index (χ1n) is 7.41. The van der Waals surface area contributed by atoms with Crippen molar-refractivity contribution in [2.24, 2.45) is 17.8 Å². The predicted molar refractivity (Wildman–Crippen MR) is 78.2 cm³/mol. The Morgan fingerprint density at radius 2 is 1.80 bits per heavy atom. The van der Waals surface area contributed by atoms with Crippen LogP contribution in [0.5, 0.6) is 5.75 Å². The average molecular weight is 280 g/mol. The van der Waals surface area contributed by atoms with E-state index in [1.54, 1.807) is 19.1 Å². The maximum atomic E-state index is 14.2. The van der Waals surface area contributed by atoms with Crippen molar-refractivity contribution in [2.45, 2.75) is 45.6 Å². The Balaban J connectivity index is 2.39. The summed E-state index contributed by atoms with van der Waals surface area (Å²) in [5.41, 5.74) is -0.895. The summed E-state index contributed by atoms with van der Waals surface area (Å²) in [7, 11) is 1.51. The van der Waals surface area contributed by atoms with Gasteiger partial charge in [0.2, 0.25) is 0 Å². The summed E-state index contributed by atoms with van der Waals surface area (Å²) < 4.78 is 19.5. The minimum Gasteiger partial charge on any atom is -0.496 e. The minimum atomic E-state index is -1.19. The minimum absolute atomic E-state index is 0.0621. The van der Waals surface area contributed by atoms with E-state index in [1.807, 2.05) is 0 Å². The van der Waals surface area contributed by atoms with Crippen LogP contribution in [0.3, 0.4) is 0 Å². The largest absolute Gasteiger partial charge is 0.496 e. The van der Waals surface area contributed by atoms with Gasteiger partial charge in [-0.25, -0.2) is 4.39 Å². The molecule has 1 aliphatic rings. The number of rotatable bonds is 3. The van der Waals surface area contributed by atoms with Crippen molar-refractivity contribution in [2.75, 3.05) is 7.11 Å². The van der Waals surface area contributed by atoms with Crippen LogP contribution in [0.4, 0.5) is 4.39 Å². The van der Waals surface area contributed by atoms with Gasteiger partial charge in [0.05, 0.1) is 18.3 Å². The zero-order valence-corrected chi connectivity index (χ0v) is 12.8. The first kappa shape index (κ1) is 15.3. The highest BCUT2D eigenvalue weighted by atomic mass is 19.1. The average Bonchev–Trinajstić information content (AvgIpc) is 2.36. The quantitative estimate of drug-likeness (QED) is 0.902. The van der Waals surface area contributed by atoms with Gasteiger partial charge < -0.3 is 9.84 Å². The molecule has 0 radical (unpaired) electrons. The Kier molecular flexibility index (Phi) is 4.38. The summed E-state index contributed by atoms with van der Waals surface area (Å²) in [6.45, 7) is 6.14. The molecule has 3 heteroatoms. The second-order valence-electron chi connectivity index (χ2n) is 6.58. The highest BCUT2D eigenvalue weighted by Crippen LogP contribution is 2.46. The summed E-state index contributed by atoms with van der Waals surface area (Å²) in [5.74, 6) is 1.23. The Morgan fingerprint density at radius 1 is 1.20 bits per heavy atom. The number of aliphatic hydroxyl groups is 1. The molecule has 0 bridgehead atoms. The Labute approximate surface area is 121 Å². The van der Waals surface area contributed by atoms with Gasteiger partial charge in [0.15, 0.2) is 0 Å². The molecule has 1 fully saturated rings. The van der Waals surface area contributed by atoms with E-state index in [0.717, 1.165) is 12.8 Å². The predicted octanol–water partition coefficient (Wildman–Crippen LogP) is 4.11. The van der Waals surface area contributed by atoms with E-state index in [0.29, 0.717) is 23.1 Å². The molecule has 3 unspecified atom stereocenters. The fourth-order valence-electron chi connectivity index (χ4n) is 3.78. The smallest absolute Gasteiger partial charge is 0.133 e. The van der Waals surface area contributed by atoms with E-state index in [1.165, 1.54) is 19.6 Å². The molecule has 112 valence electrons. The standard InChI is InChI=1S/C17H25FO2/c1-11-8-12(2)10-13(9-11)17(3,19)16-14(18)6-5-7-15(16)20-4/h5-7,11-13,19H,8-10H2,1-4H3. The fourth-order valence-corrected chi connectivity index (χ4v) is 3.78. The normalized spacial score (nSPS) is 29.8. The van der Waals surface area contributed by atoms with Crippen LogP contribution in [-0.4, -0.2) is 12.2 Å². The monoisotopic (exact) mass is 280 g/mol. The number of hydrogen-bond donors (Lipinski definition) is 1. The van der Waals surface area contributed by atoms with Crippen molar-refractivity contribution in [3.05, 3.63) is 29.6 Å². The van der Waals surface area contributed by atoms with Gasteiger partial charge >= 0.3 is 0 Å². The molecule has 0 aliphatic heterocycles. The SMILES string of the molecule is COc1cccc(F)c1C(C)(O)C1CC(C)CC(C)C1. The van der Waals surface area contributed by atoms with Gasteiger partial charge in [-0.1, -0.05) is 19.9 Å². The number of methoxy groups -OCH3 is 1. The van der Waals surface area contributed by atoms with Crippen LogP contribution in [0, 0.1) is 23.6 Å². The van der Waals surface area contributed by atoms with Gasteiger partial charge in [0.1, 0.15) is 11.6 Å². The number of hydrogen-bond acceptors (Lipinski definition) is 2. The molecule has 1 aromatic rings. The number of ether oxygens (including phenoxy) is 1. The van der Waals surface area contributed by atoms with Gasteiger partial charge in [-0.3, -0.25) is 0 Å². The zero-order chi connectivity index (χ0) is 14.9. The lowest BCUT2D eigenvalue weighted by Crippen LogP contribution is -2.38. The molecule has 0 amide bonds. The lowest BCUT2D eigenvalue weighted by molar-refractivity contribution is -0.0426. The van der Waals surface area contributed by atoms with Gasteiger partial charge in [0, 0.05) is 0 Å². The van der Waals surface area contributed by atoms with Crippen LogP contribution in [0.25, 0.3) is 0 Å². The molecule has 20 heavy (non-hydrogen) atoms. The molecular weight excluding hydrogens is 255 g/mol. The van der Waals surface area contributed by atoms with E-state index in [2.05, 4.69) is 13.8 Å². The fraction of sp³-hybridized carbons (Fsp3) is 0.647. The number of halogens is 1. The second-order valence-corrected chi connectivity index (χ2v) is 6.58. The van der Waals surface area contributed by atoms with Crippen LogP contribution in [0.15, 0.2) is 18.2 Å². The van der Waals surface area contributed by atoms with E-state index < -0.39 is 5.60 Å². The molecule has 2 nitrogen and oxygen atoms in total. The van der Waals surface area contributed by atoms with Gasteiger partial charge in [-0.2, -0.15) is 0 Å². The Bertz CT molecular complexity index is 460. The van der Waals surface area contributed by atoms with Crippen molar-refractivity contribution >= 4 is 0 Å². The first-order chi connectivity index (χ1) is 9.36. The molecular formula is C17H25FO2. The summed E-state index contributed by atoms with van der Waals surface area (Å²) in [6.07, 6.45) is 3.03. The molecule has 0 saturated heterocycles. The van der Waals surface area contributed by atoms with Crippen molar-refractivity contribution in [1.82, 2.24) is 0 Å².